The Balaban J connectivity index is 3.72. The van der Waals surface area contributed by atoms with Crippen LogP contribution in [0.2, 0.25) is 0 Å². The summed E-state index contributed by atoms with van der Waals surface area (Å²) in [6.07, 6.45) is 2.27. The van der Waals surface area contributed by atoms with Crippen molar-refractivity contribution >= 4 is 5.78 Å². The van der Waals surface area contributed by atoms with Crippen molar-refractivity contribution in [2.24, 2.45) is 0 Å². The topological polar surface area (TPSA) is 66.8 Å². The van der Waals surface area contributed by atoms with Gasteiger partial charge >= 0.3 is 0 Å². The molecule has 90 valence electrons. The number of aliphatic hydroxyl groups is 2. The monoisotopic (exact) mass is 218 g/mol. The predicted octanol–water partition coefficient (Wildman–Crippen LogP) is 0.894. The van der Waals surface area contributed by atoms with Gasteiger partial charge in [-0.2, -0.15) is 0 Å². The van der Waals surface area contributed by atoms with Crippen molar-refractivity contribution in [2.75, 3.05) is 13.2 Å². The lowest BCUT2D eigenvalue weighted by atomic mass is 10.1. The van der Waals surface area contributed by atoms with Gasteiger partial charge in [-0.05, 0) is 13.3 Å². The van der Waals surface area contributed by atoms with E-state index in [9.17, 15) is 9.90 Å². The molecule has 0 spiro atoms. The Morgan fingerprint density at radius 2 is 2.00 bits per heavy atom. The van der Waals surface area contributed by atoms with Crippen LogP contribution in [0.15, 0.2) is 0 Å². The van der Waals surface area contributed by atoms with Gasteiger partial charge in [0.15, 0.2) is 5.78 Å². The summed E-state index contributed by atoms with van der Waals surface area (Å²) in [6, 6.07) is 0. The standard InChI is InChI=1S/C11H22O4/c1-3-4-5-6-7-15-11(9(2)13)10(14)8-12/h10-12,14H,3-8H2,1-2H3. The van der Waals surface area contributed by atoms with E-state index < -0.39 is 18.8 Å². The Bertz CT molecular complexity index is 170. The summed E-state index contributed by atoms with van der Waals surface area (Å²) in [5, 5.41) is 18.0. The lowest BCUT2D eigenvalue weighted by Crippen LogP contribution is -2.37. The molecule has 4 heteroatoms. The fourth-order valence-corrected chi connectivity index (χ4v) is 1.33. The van der Waals surface area contributed by atoms with E-state index in [4.69, 9.17) is 9.84 Å². The zero-order valence-corrected chi connectivity index (χ0v) is 9.61. The van der Waals surface area contributed by atoms with Crippen LogP contribution in [0.1, 0.15) is 39.5 Å². The third kappa shape index (κ3) is 6.60. The van der Waals surface area contributed by atoms with E-state index in [-0.39, 0.29) is 5.78 Å². The first-order chi connectivity index (χ1) is 7.13. The van der Waals surface area contributed by atoms with Gasteiger partial charge in [-0.15, -0.1) is 0 Å². The number of ether oxygens (including phenoxy) is 1. The quantitative estimate of drug-likeness (QED) is 0.564. The zero-order valence-electron chi connectivity index (χ0n) is 9.61. The molecule has 0 aliphatic carbocycles. The summed E-state index contributed by atoms with van der Waals surface area (Å²) in [5.41, 5.74) is 0. The second-order valence-corrected chi connectivity index (χ2v) is 3.71. The van der Waals surface area contributed by atoms with Crippen LogP contribution < -0.4 is 0 Å². The van der Waals surface area contributed by atoms with Gasteiger partial charge in [-0.1, -0.05) is 26.2 Å². The number of hydrogen-bond donors (Lipinski definition) is 2. The number of ketones is 1. The highest BCUT2D eigenvalue weighted by Crippen LogP contribution is 2.05. The molecule has 0 aromatic rings. The highest BCUT2D eigenvalue weighted by Gasteiger charge is 2.23. The first-order valence-electron chi connectivity index (χ1n) is 5.54. The van der Waals surface area contributed by atoms with Gasteiger partial charge in [-0.25, -0.2) is 0 Å². The molecule has 0 aromatic carbocycles. The lowest BCUT2D eigenvalue weighted by molar-refractivity contribution is -0.138. The van der Waals surface area contributed by atoms with Crippen molar-refractivity contribution in [1.82, 2.24) is 0 Å². The van der Waals surface area contributed by atoms with Crippen LogP contribution in [0.4, 0.5) is 0 Å². The minimum Gasteiger partial charge on any atom is -0.394 e. The molecule has 0 heterocycles. The van der Waals surface area contributed by atoms with Crippen molar-refractivity contribution in [3.63, 3.8) is 0 Å². The molecule has 0 amide bonds. The van der Waals surface area contributed by atoms with Gasteiger partial charge in [0.2, 0.25) is 0 Å². The van der Waals surface area contributed by atoms with Crippen molar-refractivity contribution in [3.8, 4) is 0 Å². The first-order valence-corrected chi connectivity index (χ1v) is 5.54. The molecule has 0 fully saturated rings. The summed E-state index contributed by atoms with van der Waals surface area (Å²) in [6.45, 7) is 3.49. The van der Waals surface area contributed by atoms with E-state index in [1.165, 1.54) is 6.92 Å². The molecule has 0 aliphatic heterocycles. The Hall–Kier alpha value is -0.450. The van der Waals surface area contributed by atoms with Gasteiger partial charge in [0, 0.05) is 6.61 Å². The molecule has 0 saturated carbocycles. The Labute approximate surface area is 91.3 Å². The molecular formula is C11H22O4. The summed E-state index contributed by atoms with van der Waals surface area (Å²) < 4.78 is 5.24. The van der Waals surface area contributed by atoms with Crippen LogP contribution in [-0.4, -0.2) is 41.4 Å². The maximum absolute atomic E-state index is 11.1. The molecule has 0 rings (SSSR count). The van der Waals surface area contributed by atoms with E-state index in [1.54, 1.807) is 0 Å². The Morgan fingerprint density at radius 3 is 2.47 bits per heavy atom. The van der Waals surface area contributed by atoms with Crippen LogP contribution in [0.3, 0.4) is 0 Å². The van der Waals surface area contributed by atoms with Gasteiger partial charge in [0.25, 0.3) is 0 Å². The number of hydrogen-bond acceptors (Lipinski definition) is 4. The minimum absolute atomic E-state index is 0.243. The maximum Gasteiger partial charge on any atom is 0.161 e. The molecule has 2 unspecified atom stereocenters. The number of carbonyl (C=O) groups excluding carboxylic acids is 1. The van der Waals surface area contributed by atoms with Gasteiger partial charge in [0.05, 0.1) is 6.61 Å². The minimum atomic E-state index is -1.10. The molecule has 4 nitrogen and oxygen atoms in total. The SMILES string of the molecule is CCCCCCOC(C(C)=O)C(O)CO. The molecule has 15 heavy (non-hydrogen) atoms. The number of carbonyl (C=O) groups is 1. The van der Waals surface area contributed by atoms with Crippen LogP contribution in [0.5, 0.6) is 0 Å². The molecule has 2 N–H and O–H groups in total. The number of rotatable bonds is 9. The van der Waals surface area contributed by atoms with Gasteiger partial charge in [0.1, 0.15) is 12.2 Å². The van der Waals surface area contributed by atoms with Crippen LogP contribution in [-0.2, 0) is 9.53 Å². The van der Waals surface area contributed by atoms with Gasteiger partial charge in [-0.3, -0.25) is 4.79 Å². The molecule has 0 aliphatic rings. The highest BCUT2D eigenvalue weighted by atomic mass is 16.5. The molecule has 0 radical (unpaired) electrons. The summed E-state index contributed by atoms with van der Waals surface area (Å²) in [4.78, 5) is 11.1. The maximum atomic E-state index is 11.1. The second-order valence-electron chi connectivity index (χ2n) is 3.71. The van der Waals surface area contributed by atoms with Crippen LogP contribution in [0, 0.1) is 0 Å². The number of Topliss-reactive ketones (excluding diaryl/α,β-unsaturated/α-hetero) is 1. The average molecular weight is 218 g/mol. The normalized spacial score (nSPS) is 14.9. The third-order valence-electron chi connectivity index (χ3n) is 2.23. The molecule has 0 bridgehead atoms. The molecule has 2 atom stereocenters. The summed E-state index contributed by atoms with van der Waals surface area (Å²) in [7, 11) is 0. The Kier molecular flexibility index (Phi) is 8.56. The summed E-state index contributed by atoms with van der Waals surface area (Å²) in [5.74, 6) is -0.243. The van der Waals surface area contributed by atoms with Crippen molar-refractivity contribution in [1.29, 1.82) is 0 Å². The van der Waals surface area contributed by atoms with E-state index in [0.29, 0.717) is 6.61 Å². The van der Waals surface area contributed by atoms with E-state index in [1.807, 2.05) is 0 Å². The predicted molar refractivity (Wildman–Crippen MR) is 57.7 cm³/mol. The number of aliphatic hydroxyl groups excluding tert-OH is 2. The van der Waals surface area contributed by atoms with E-state index >= 15 is 0 Å². The number of unbranched alkanes of at least 4 members (excludes halogenated alkanes) is 3. The molecule has 0 aromatic heterocycles. The fourth-order valence-electron chi connectivity index (χ4n) is 1.33. The van der Waals surface area contributed by atoms with Crippen LogP contribution >= 0.6 is 0 Å². The average Bonchev–Trinajstić information content (AvgIpc) is 2.22. The molecular weight excluding hydrogens is 196 g/mol. The van der Waals surface area contributed by atoms with E-state index in [0.717, 1.165) is 25.7 Å². The van der Waals surface area contributed by atoms with E-state index in [2.05, 4.69) is 6.92 Å². The van der Waals surface area contributed by atoms with Crippen LogP contribution in [0.25, 0.3) is 0 Å². The second kappa shape index (κ2) is 8.83. The first kappa shape index (κ1) is 14.6. The largest absolute Gasteiger partial charge is 0.394 e. The third-order valence-corrected chi connectivity index (χ3v) is 2.23. The Morgan fingerprint density at radius 1 is 1.33 bits per heavy atom. The molecule has 0 saturated heterocycles. The highest BCUT2D eigenvalue weighted by molar-refractivity contribution is 5.81. The van der Waals surface area contributed by atoms with Crippen molar-refractivity contribution < 1.29 is 19.7 Å². The lowest BCUT2D eigenvalue weighted by Gasteiger charge is -2.19. The fraction of sp³-hybridized carbons (Fsp3) is 0.909. The zero-order chi connectivity index (χ0) is 11.7. The van der Waals surface area contributed by atoms with Gasteiger partial charge < -0.3 is 14.9 Å². The smallest absolute Gasteiger partial charge is 0.161 e. The van der Waals surface area contributed by atoms with Crippen molar-refractivity contribution in [3.05, 3.63) is 0 Å². The summed E-state index contributed by atoms with van der Waals surface area (Å²) >= 11 is 0. The van der Waals surface area contributed by atoms with Crippen molar-refractivity contribution in [2.45, 2.75) is 51.7 Å².